The van der Waals surface area contributed by atoms with Crippen molar-refractivity contribution in [3.05, 3.63) is 34.9 Å². The van der Waals surface area contributed by atoms with Crippen molar-refractivity contribution in [1.82, 2.24) is 15.3 Å². The number of nitrogens with zero attached hydrogens (tertiary/aromatic N) is 2. The molecule has 2 rings (SSSR count). The molecule has 5 nitrogen and oxygen atoms in total. The van der Waals surface area contributed by atoms with Crippen LogP contribution >= 0.6 is 11.3 Å². The minimum Gasteiger partial charge on any atom is -0.355 e. The lowest BCUT2D eigenvalue weighted by Gasteiger charge is -2.08. The Bertz CT molecular complexity index is 555. The number of amides is 1. The molecule has 1 atom stereocenters. The van der Waals surface area contributed by atoms with Crippen molar-refractivity contribution >= 4 is 17.2 Å². The summed E-state index contributed by atoms with van der Waals surface area (Å²) >= 11 is 1.60. The average Bonchev–Trinajstić information content (AvgIpc) is 2.96. The van der Waals surface area contributed by atoms with Gasteiger partial charge < -0.3 is 11.1 Å². The van der Waals surface area contributed by atoms with Gasteiger partial charge in [0, 0.05) is 48.8 Å². The maximum Gasteiger partial charge on any atom is 0.224 e. The molecular weight excluding hydrogens is 272 g/mol. The Morgan fingerprint density at radius 1 is 1.45 bits per heavy atom. The van der Waals surface area contributed by atoms with Crippen molar-refractivity contribution in [3.8, 4) is 11.3 Å². The zero-order valence-electron chi connectivity index (χ0n) is 11.4. The number of nitrogens with two attached hydrogens (primary N) is 1. The van der Waals surface area contributed by atoms with E-state index >= 15 is 0 Å². The number of nitrogens with one attached hydrogen (secondary N) is 1. The third kappa shape index (κ3) is 3.85. The summed E-state index contributed by atoms with van der Waals surface area (Å²) < 4.78 is 0. The molecule has 2 aromatic heterocycles. The number of thiazole rings is 1. The number of rotatable bonds is 6. The Morgan fingerprint density at radius 2 is 2.20 bits per heavy atom. The largest absolute Gasteiger partial charge is 0.355 e. The second kappa shape index (κ2) is 7.12. The summed E-state index contributed by atoms with van der Waals surface area (Å²) in [7, 11) is 0. The zero-order chi connectivity index (χ0) is 14.4. The van der Waals surface area contributed by atoms with E-state index in [1.165, 1.54) is 0 Å². The standard InChI is InChI=1S/C14H18N4OS/c1-10(8-15)14(19)17-7-4-13-18-12(9-20-13)11-2-5-16-6-3-11/h2-3,5-6,9-10H,4,7-8,15H2,1H3,(H,17,19). The molecule has 3 N–H and O–H groups in total. The molecule has 20 heavy (non-hydrogen) atoms. The van der Waals surface area contributed by atoms with E-state index in [1.807, 2.05) is 24.4 Å². The smallest absolute Gasteiger partial charge is 0.224 e. The van der Waals surface area contributed by atoms with Gasteiger partial charge in [0.05, 0.1) is 10.7 Å². The van der Waals surface area contributed by atoms with E-state index in [0.29, 0.717) is 13.1 Å². The number of carbonyl (C=O) groups excluding carboxylic acids is 1. The normalized spacial score (nSPS) is 12.1. The van der Waals surface area contributed by atoms with Gasteiger partial charge in [-0.3, -0.25) is 9.78 Å². The fourth-order valence-electron chi connectivity index (χ4n) is 1.65. The maximum absolute atomic E-state index is 11.6. The molecular formula is C14H18N4OS. The van der Waals surface area contributed by atoms with Crippen LogP contribution < -0.4 is 11.1 Å². The van der Waals surface area contributed by atoms with E-state index in [4.69, 9.17) is 5.73 Å². The van der Waals surface area contributed by atoms with Crippen LogP contribution in [0.1, 0.15) is 11.9 Å². The molecule has 0 fully saturated rings. The Kier molecular flexibility index (Phi) is 5.20. The SMILES string of the molecule is CC(CN)C(=O)NCCc1nc(-c2ccncc2)cs1. The van der Waals surface area contributed by atoms with Crippen LogP contribution in [0.25, 0.3) is 11.3 Å². The van der Waals surface area contributed by atoms with Crippen LogP contribution in [0.2, 0.25) is 0 Å². The molecule has 0 saturated heterocycles. The van der Waals surface area contributed by atoms with Gasteiger partial charge in [-0.05, 0) is 12.1 Å². The average molecular weight is 290 g/mol. The lowest BCUT2D eigenvalue weighted by molar-refractivity contribution is -0.124. The molecule has 0 aliphatic carbocycles. The molecule has 0 aromatic carbocycles. The topological polar surface area (TPSA) is 80.9 Å². The molecule has 1 amide bonds. The molecule has 106 valence electrons. The van der Waals surface area contributed by atoms with Crippen molar-refractivity contribution in [2.45, 2.75) is 13.3 Å². The van der Waals surface area contributed by atoms with E-state index in [2.05, 4.69) is 15.3 Å². The predicted octanol–water partition coefficient (Wildman–Crippen LogP) is 1.46. The summed E-state index contributed by atoms with van der Waals surface area (Å²) in [5.41, 5.74) is 7.46. The second-order valence-corrected chi connectivity index (χ2v) is 5.48. The van der Waals surface area contributed by atoms with Gasteiger partial charge in [-0.1, -0.05) is 6.92 Å². The van der Waals surface area contributed by atoms with E-state index in [0.717, 1.165) is 22.7 Å². The molecule has 0 spiro atoms. The van der Waals surface area contributed by atoms with Gasteiger partial charge in [0.1, 0.15) is 0 Å². The highest BCUT2D eigenvalue weighted by Crippen LogP contribution is 2.21. The van der Waals surface area contributed by atoms with Crippen LogP contribution in [0.5, 0.6) is 0 Å². The summed E-state index contributed by atoms with van der Waals surface area (Å²) in [4.78, 5) is 20.1. The Labute approximate surface area is 122 Å². The molecule has 0 bridgehead atoms. The minimum atomic E-state index is -0.140. The number of hydrogen-bond donors (Lipinski definition) is 2. The van der Waals surface area contributed by atoms with Crippen molar-refractivity contribution in [3.63, 3.8) is 0 Å². The van der Waals surface area contributed by atoms with Crippen LogP contribution in [-0.2, 0) is 11.2 Å². The molecule has 0 radical (unpaired) electrons. The molecule has 2 heterocycles. The monoisotopic (exact) mass is 290 g/mol. The van der Waals surface area contributed by atoms with Crippen molar-refractivity contribution in [1.29, 1.82) is 0 Å². The number of carbonyl (C=O) groups is 1. The van der Waals surface area contributed by atoms with Gasteiger partial charge in [-0.15, -0.1) is 11.3 Å². The fraction of sp³-hybridized carbons (Fsp3) is 0.357. The summed E-state index contributed by atoms with van der Waals surface area (Å²) in [5, 5.41) is 5.90. The lowest BCUT2D eigenvalue weighted by Crippen LogP contribution is -2.34. The third-order valence-corrected chi connectivity index (χ3v) is 3.88. The first-order valence-corrected chi connectivity index (χ1v) is 7.41. The Balaban J connectivity index is 1.86. The van der Waals surface area contributed by atoms with Crippen molar-refractivity contribution in [2.24, 2.45) is 11.7 Å². The van der Waals surface area contributed by atoms with E-state index in [9.17, 15) is 4.79 Å². The predicted molar refractivity (Wildman–Crippen MR) is 80.3 cm³/mol. The Hall–Kier alpha value is -1.79. The number of hydrogen-bond acceptors (Lipinski definition) is 5. The summed E-state index contributed by atoms with van der Waals surface area (Å²) in [5.74, 6) is -0.142. The fourth-order valence-corrected chi connectivity index (χ4v) is 2.46. The van der Waals surface area contributed by atoms with Crippen LogP contribution in [0, 0.1) is 5.92 Å². The van der Waals surface area contributed by atoms with Gasteiger partial charge in [-0.2, -0.15) is 0 Å². The summed E-state index contributed by atoms with van der Waals surface area (Å²) in [6.07, 6.45) is 4.24. The number of pyridine rings is 1. The molecule has 0 aliphatic rings. The highest BCUT2D eigenvalue weighted by molar-refractivity contribution is 7.09. The summed E-state index contributed by atoms with van der Waals surface area (Å²) in [6, 6.07) is 3.87. The van der Waals surface area contributed by atoms with Crippen LogP contribution in [0.4, 0.5) is 0 Å². The maximum atomic E-state index is 11.6. The molecule has 0 saturated carbocycles. The van der Waals surface area contributed by atoms with Crippen LogP contribution in [0.3, 0.4) is 0 Å². The molecule has 0 aliphatic heterocycles. The van der Waals surface area contributed by atoms with Gasteiger partial charge in [0.15, 0.2) is 0 Å². The highest BCUT2D eigenvalue weighted by Gasteiger charge is 2.10. The van der Waals surface area contributed by atoms with Gasteiger partial charge >= 0.3 is 0 Å². The van der Waals surface area contributed by atoms with Crippen molar-refractivity contribution < 1.29 is 4.79 Å². The van der Waals surface area contributed by atoms with Crippen LogP contribution in [0.15, 0.2) is 29.9 Å². The van der Waals surface area contributed by atoms with E-state index in [-0.39, 0.29) is 11.8 Å². The first-order valence-electron chi connectivity index (χ1n) is 6.53. The summed E-state index contributed by atoms with van der Waals surface area (Å²) in [6.45, 7) is 2.78. The number of aromatic nitrogens is 2. The van der Waals surface area contributed by atoms with Crippen molar-refractivity contribution in [2.75, 3.05) is 13.1 Å². The molecule has 1 unspecified atom stereocenters. The van der Waals surface area contributed by atoms with E-state index in [1.54, 1.807) is 23.7 Å². The minimum absolute atomic E-state index is 0.00147. The van der Waals surface area contributed by atoms with Gasteiger partial charge in [0.2, 0.25) is 5.91 Å². The lowest BCUT2D eigenvalue weighted by atomic mass is 10.2. The van der Waals surface area contributed by atoms with Gasteiger partial charge in [-0.25, -0.2) is 4.98 Å². The van der Waals surface area contributed by atoms with Crippen LogP contribution in [-0.4, -0.2) is 29.0 Å². The van der Waals surface area contributed by atoms with Gasteiger partial charge in [0.25, 0.3) is 0 Å². The second-order valence-electron chi connectivity index (χ2n) is 4.54. The Morgan fingerprint density at radius 3 is 2.90 bits per heavy atom. The first-order chi connectivity index (χ1) is 9.70. The highest BCUT2D eigenvalue weighted by atomic mass is 32.1. The third-order valence-electron chi connectivity index (χ3n) is 2.97. The molecule has 6 heteroatoms. The first kappa shape index (κ1) is 14.6. The quantitative estimate of drug-likeness (QED) is 0.844. The zero-order valence-corrected chi connectivity index (χ0v) is 12.2. The molecule has 2 aromatic rings. The van der Waals surface area contributed by atoms with E-state index < -0.39 is 0 Å².